The van der Waals surface area contributed by atoms with Crippen LogP contribution in [0.15, 0.2) is 72.8 Å². The van der Waals surface area contributed by atoms with E-state index in [1.807, 2.05) is 77.7 Å². The lowest BCUT2D eigenvalue weighted by Gasteiger charge is -2.39. The molecule has 14 nitrogen and oxygen atoms in total. The summed E-state index contributed by atoms with van der Waals surface area (Å²) >= 11 is 0. The largest absolute Gasteiger partial charge is 0.497 e. The summed E-state index contributed by atoms with van der Waals surface area (Å²) in [5.41, 5.74) is 2.24. The van der Waals surface area contributed by atoms with E-state index in [1.165, 1.54) is 0 Å². The molecule has 1 atom stereocenters. The Bertz CT molecular complexity index is 1870. The molecule has 0 saturated carbocycles. The van der Waals surface area contributed by atoms with Gasteiger partial charge in [-0.2, -0.15) is 5.26 Å². The van der Waals surface area contributed by atoms with Gasteiger partial charge in [0.1, 0.15) is 17.1 Å². The van der Waals surface area contributed by atoms with Crippen molar-refractivity contribution in [1.29, 1.82) is 5.26 Å². The van der Waals surface area contributed by atoms with E-state index in [9.17, 15) is 19.2 Å². The Balaban J connectivity index is 1.28. The topological polar surface area (TPSA) is 157 Å². The van der Waals surface area contributed by atoms with E-state index >= 15 is 0 Å². The van der Waals surface area contributed by atoms with Gasteiger partial charge in [-0.15, -0.1) is 5.06 Å². The number of carbonyl (C=O) groups is 4. The maximum Gasteiger partial charge on any atom is 0.333 e. The van der Waals surface area contributed by atoms with Gasteiger partial charge in [0.25, 0.3) is 20.3 Å². The number of piperidine rings is 1. The monoisotopic (exact) mass is 858 g/mol. The third-order valence-corrected chi connectivity index (χ3v) is 12.9. The number of likely N-dealkylation sites (tertiary alicyclic amines) is 1. The number of amides is 3. The number of hydroxylamine groups is 2. The summed E-state index contributed by atoms with van der Waals surface area (Å²) in [6.45, 7) is 10.2. The average Bonchev–Trinajstić information content (AvgIpc) is 3.58. The Morgan fingerprint density at radius 1 is 0.803 bits per heavy atom. The van der Waals surface area contributed by atoms with E-state index in [0.717, 1.165) is 22.3 Å². The van der Waals surface area contributed by atoms with Crippen LogP contribution in [0.1, 0.15) is 101 Å². The molecule has 2 heterocycles. The van der Waals surface area contributed by atoms with Gasteiger partial charge in [0.15, 0.2) is 0 Å². The van der Waals surface area contributed by atoms with Crippen molar-refractivity contribution in [3.8, 4) is 17.6 Å². The molecule has 0 spiro atoms. The highest BCUT2D eigenvalue weighted by Crippen LogP contribution is 2.48. The van der Waals surface area contributed by atoms with Gasteiger partial charge >= 0.3 is 5.97 Å². The molecule has 2 saturated heterocycles. The Hall–Kier alpha value is -4.90. The Labute approximate surface area is 360 Å². The molecule has 3 aromatic carbocycles. The van der Waals surface area contributed by atoms with E-state index in [4.69, 9.17) is 33.4 Å². The van der Waals surface area contributed by atoms with Gasteiger partial charge < -0.3 is 33.0 Å². The highest BCUT2D eigenvalue weighted by molar-refractivity contribution is 7.44. The molecule has 0 aromatic heterocycles. The Morgan fingerprint density at radius 3 is 1.82 bits per heavy atom. The first-order valence-electron chi connectivity index (χ1n) is 21.0. The second-order valence-corrected chi connectivity index (χ2v) is 17.0. The van der Waals surface area contributed by atoms with Crippen LogP contribution in [0.5, 0.6) is 11.5 Å². The van der Waals surface area contributed by atoms with Crippen LogP contribution in [0.25, 0.3) is 0 Å². The predicted molar refractivity (Wildman–Crippen MR) is 229 cm³/mol. The molecule has 0 N–H and O–H groups in total. The zero-order valence-electron chi connectivity index (χ0n) is 36.2. The zero-order chi connectivity index (χ0) is 43.9. The molecule has 61 heavy (non-hydrogen) atoms. The summed E-state index contributed by atoms with van der Waals surface area (Å²) in [6.07, 6.45) is 2.77. The molecule has 0 aliphatic carbocycles. The van der Waals surface area contributed by atoms with Gasteiger partial charge in [-0.05, 0) is 99.9 Å². The molecule has 5 rings (SSSR count). The smallest absolute Gasteiger partial charge is 0.333 e. The second kappa shape index (κ2) is 22.8. The van der Waals surface area contributed by atoms with E-state index in [-0.39, 0.29) is 50.0 Å². The second-order valence-electron chi connectivity index (χ2n) is 15.6. The molecule has 328 valence electrons. The number of rotatable bonds is 22. The summed E-state index contributed by atoms with van der Waals surface area (Å²) < 4.78 is 32.9. The molecule has 2 aliphatic rings. The number of hydrogen-bond donors (Lipinski definition) is 0. The Kier molecular flexibility index (Phi) is 17.6. The molecular weight excluding hydrogens is 799 g/mol. The van der Waals surface area contributed by atoms with Crippen molar-refractivity contribution >= 4 is 32.2 Å². The number of nitrogens with zero attached hydrogens (tertiary/aromatic N) is 4. The molecular formula is C46H59N4O10P. The fourth-order valence-electron chi connectivity index (χ4n) is 7.60. The predicted octanol–water partition coefficient (Wildman–Crippen LogP) is 7.62. The van der Waals surface area contributed by atoms with Crippen LogP contribution >= 0.6 is 8.53 Å². The molecule has 2 aliphatic heterocycles. The van der Waals surface area contributed by atoms with Gasteiger partial charge in [-0.1, -0.05) is 48.5 Å². The number of ether oxygens (including phenoxy) is 3. The van der Waals surface area contributed by atoms with Gasteiger partial charge in [0.05, 0.1) is 45.8 Å². The molecule has 15 heteroatoms. The minimum atomic E-state index is -1.36. The van der Waals surface area contributed by atoms with Crippen molar-refractivity contribution in [2.45, 2.75) is 109 Å². The summed E-state index contributed by atoms with van der Waals surface area (Å²) in [4.78, 5) is 57.0. The van der Waals surface area contributed by atoms with Crippen molar-refractivity contribution in [3.63, 3.8) is 0 Å². The summed E-state index contributed by atoms with van der Waals surface area (Å²) in [5.74, 6) is -0.269. The third kappa shape index (κ3) is 12.4. The van der Waals surface area contributed by atoms with Crippen LogP contribution < -0.4 is 9.47 Å². The van der Waals surface area contributed by atoms with Crippen LogP contribution in [-0.4, -0.2) is 97.0 Å². The van der Waals surface area contributed by atoms with Gasteiger partial charge in [0.2, 0.25) is 5.91 Å². The van der Waals surface area contributed by atoms with Crippen molar-refractivity contribution in [3.05, 3.63) is 95.1 Å². The maximum absolute atomic E-state index is 13.6. The number of aryl methyl sites for hydroxylation is 1. The molecule has 3 amide bonds. The Morgan fingerprint density at radius 2 is 1.33 bits per heavy atom. The summed E-state index contributed by atoms with van der Waals surface area (Å²) in [5, 5.41) is 9.64. The third-order valence-electron chi connectivity index (χ3n) is 10.7. The lowest BCUT2D eigenvalue weighted by atomic mass is 9.79. The van der Waals surface area contributed by atoms with Gasteiger partial charge in [-0.25, -0.2) is 9.46 Å². The van der Waals surface area contributed by atoms with E-state index in [0.29, 0.717) is 74.8 Å². The quantitative estimate of drug-likeness (QED) is 0.0422. The summed E-state index contributed by atoms with van der Waals surface area (Å²) in [7, 11) is 1.87. The standard InChI is InChI=1S/C46H59N4O10P/c1-33(2)50(34(3)4)61(58-32-8-28-47)60-41-26-29-48(30-27-41)42(51)9-7-31-57-46(37-15-19-39(55-5)20-16-37,38-17-21-40(56-6)22-18-38)36-13-10-35(11-14-36)12-25-45(54)59-49-43(52)23-24-44(49)53/h10-11,13-22,33-34,41H,7-9,12,23-27,29-32H2,1-6H3. The lowest BCUT2D eigenvalue weighted by molar-refractivity contribution is -0.197. The first-order chi connectivity index (χ1) is 29.4. The van der Waals surface area contributed by atoms with Crippen LogP contribution in [0.2, 0.25) is 0 Å². The fourth-order valence-corrected chi connectivity index (χ4v) is 9.37. The van der Waals surface area contributed by atoms with Crippen molar-refractivity contribution in [2.24, 2.45) is 0 Å². The SMILES string of the molecule is COc1ccc(C(OCCCC(=O)N2CCC(OP(OCCC#N)N(C(C)C)C(C)C)CC2)(c2ccc(CCC(=O)ON3C(=O)CCC3=O)cc2)c2ccc(OC)cc2)cc1. The number of hydrogen-bond acceptors (Lipinski definition) is 12. The molecule has 2 fully saturated rings. The van der Waals surface area contributed by atoms with Crippen molar-refractivity contribution in [2.75, 3.05) is 40.5 Å². The summed E-state index contributed by atoms with van der Waals surface area (Å²) in [6, 6.07) is 25.7. The van der Waals surface area contributed by atoms with Crippen LogP contribution in [0.4, 0.5) is 0 Å². The minimum Gasteiger partial charge on any atom is -0.497 e. The van der Waals surface area contributed by atoms with Crippen molar-refractivity contribution in [1.82, 2.24) is 14.6 Å². The van der Waals surface area contributed by atoms with Gasteiger partial charge in [-0.3, -0.25) is 14.4 Å². The minimum absolute atomic E-state index is 0.0261. The molecule has 0 radical (unpaired) electrons. The van der Waals surface area contributed by atoms with Crippen LogP contribution in [0.3, 0.4) is 0 Å². The maximum atomic E-state index is 13.6. The van der Waals surface area contributed by atoms with Crippen LogP contribution in [-0.2, 0) is 49.8 Å². The normalized spacial score (nSPS) is 15.4. The van der Waals surface area contributed by atoms with E-state index in [2.05, 4.69) is 38.4 Å². The number of benzene rings is 3. The lowest BCUT2D eigenvalue weighted by Crippen LogP contribution is -2.41. The fraction of sp³-hybridized carbons (Fsp3) is 0.500. The highest BCUT2D eigenvalue weighted by Gasteiger charge is 2.39. The zero-order valence-corrected chi connectivity index (χ0v) is 37.1. The highest BCUT2D eigenvalue weighted by atomic mass is 31.2. The van der Waals surface area contributed by atoms with Gasteiger partial charge in [0, 0.05) is 51.0 Å². The number of methoxy groups -OCH3 is 2. The van der Waals surface area contributed by atoms with E-state index in [1.54, 1.807) is 14.2 Å². The first-order valence-corrected chi connectivity index (χ1v) is 22.1. The molecule has 3 aromatic rings. The number of imide groups is 1. The molecule has 1 unspecified atom stereocenters. The van der Waals surface area contributed by atoms with Crippen LogP contribution in [0, 0.1) is 11.3 Å². The number of carbonyl (C=O) groups excluding carboxylic acids is 4. The van der Waals surface area contributed by atoms with Crippen molar-refractivity contribution < 1.29 is 47.3 Å². The van der Waals surface area contributed by atoms with E-state index < -0.39 is 31.9 Å². The number of nitriles is 1. The average molecular weight is 859 g/mol. The first kappa shape index (κ1) is 47.2. The molecule has 0 bridgehead atoms.